The van der Waals surface area contributed by atoms with Crippen LogP contribution in [0.25, 0.3) is 11.1 Å². The molecular weight excluding hydrogens is 432 g/mol. The highest BCUT2D eigenvalue weighted by Gasteiger charge is 2.29. The van der Waals surface area contributed by atoms with Crippen molar-refractivity contribution in [3.63, 3.8) is 0 Å². The number of carboxylic acid groups (broad SMARTS) is 1. The summed E-state index contributed by atoms with van der Waals surface area (Å²) in [5, 5.41) is 14.1. The third-order valence-corrected chi connectivity index (χ3v) is 5.92. The van der Waals surface area contributed by atoms with Crippen molar-refractivity contribution in [2.24, 2.45) is 0 Å². The lowest BCUT2D eigenvalue weighted by Gasteiger charge is -2.17. The predicted molar refractivity (Wildman–Crippen MR) is 129 cm³/mol. The summed E-state index contributed by atoms with van der Waals surface area (Å²) in [4.78, 5) is 35.6. The van der Waals surface area contributed by atoms with Gasteiger partial charge in [-0.25, -0.2) is 4.79 Å². The largest absolute Gasteiger partial charge is 0.481 e. The lowest BCUT2D eigenvalue weighted by atomic mass is 9.98. The van der Waals surface area contributed by atoms with Gasteiger partial charge in [0.15, 0.2) is 0 Å². The fourth-order valence-electron chi connectivity index (χ4n) is 4.14. The van der Waals surface area contributed by atoms with Crippen LogP contribution in [0.1, 0.15) is 36.0 Å². The molecule has 7 heteroatoms. The van der Waals surface area contributed by atoms with E-state index in [1.54, 1.807) is 31.2 Å². The van der Waals surface area contributed by atoms with E-state index in [9.17, 15) is 14.4 Å². The van der Waals surface area contributed by atoms with E-state index in [1.807, 2.05) is 36.4 Å². The van der Waals surface area contributed by atoms with Gasteiger partial charge in [-0.3, -0.25) is 9.59 Å². The summed E-state index contributed by atoms with van der Waals surface area (Å²) in [5.41, 5.74) is 5.96. The molecule has 174 valence electrons. The number of alkyl carbamates (subject to hydrolysis) is 1. The number of ether oxygens (including phenoxy) is 1. The van der Waals surface area contributed by atoms with Crippen LogP contribution in [0.5, 0.6) is 0 Å². The number of hydrogen-bond acceptors (Lipinski definition) is 4. The Morgan fingerprint density at radius 2 is 1.50 bits per heavy atom. The van der Waals surface area contributed by atoms with Crippen molar-refractivity contribution >= 4 is 23.7 Å². The maximum absolute atomic E-state index is 12.5. The summed E-state index contributed by atoms with van der Waals surface area (Å²) in [7, 11) is 0. The molecule has 0 bridgehead atoms. The fraction of sp³-hybridized carbons (Fsp3) is 0.222. The Bertz CT molecular complexity index is 1160. The molecule has 3 N–H and O–H groups in total. The second-order valence-corrected chi connectivity index (χ2v) is 8.27. The first-order valence-corrected chi connectivity index (χ1v) is 11.2. The summed E-state index contributed by atoms with van der Waals surface area (Å²) < 4.78 is 5.49. The molecule has 34 heavy (non-hydrogen) atoms. The molecule has 2 amide bonds. The van der Waals surface area contributed by atoms with Crippen LogP contribution in [-0.4, -0.2) is 35.7 Å². The van der Waals surface area contributed by atoms with Crippen molar-refractivity contribution in [3.05, 3.63) is 89.5 Å². The zero-order valence-corrected chi connectivity index (χ0v) is 18.8. The SMILES string of the molecule is C[C@@H](NC(=O)OCC1c2ccccc2-c2ccccc21)C(=O)Nc1ccc(CCC(=O)O)cc1. The Balaban J connectivity index is 1.29. The number of carbonyl (C=O) groups is 3. The maximum Gasteiger partial charge on any atom is 0.407 e. The van der Waals surface area contributed by atoms with E-state index in [1.165, 1.54) is 0 Å². The molecule has 0 saturated carbocycles. The Kier molecular flexibility index (Phi) is 6.92. The van der Waals surface area contributed by atoms with Gasteiger partial charge in [-0.2, -0.15) is 0 Å². The van der Waals surface area contributed by atoms with Gasteiger partial charge < -0.3 is 20.5 Å². The van der Waals surface area contributed by atoms with Gasteiger partial charge in [-0.1, -0.05) is 60.7 Å². The first kappa shape index (κ1) is 23.0. The lowest BCUT2D eigenvalue weighted by molar-refractivity contribution is -0.137. The number of benzene rings is 3. The lowest BCUT2D eigenvalue weighted by Crippen LogP contribution is -2.42. The van der Waals surface area contributed by atoms with Crippen LogP contribution in [0, 0.1) is 0 Å². The van der Waals surface area contributed by atoms with E-state index in [0.29, 0.717) is 12.1 Å². The number of rotatable bonds is 8. The highest BCUT2D eigenvalue weighted by atomic mass is 16.5. The summed E-state index contributed by atoms with van der Waals surface area (Å²) in [5.74, 6) is -1.29. The zero-order valence-electron chi connectivity index (χ0n) is 18.8. The molecule has 0 radical (unpaired) electrons. The molecule has 1 atom stereocenters. The monoisotopic (exact) mass is 458 g/mol. The van der Waals surface area contributed by atoms with Crippen LogP contribution in [0.4, 0.5) is 10.5 Å². The van der Waals surface area contributed by atoms with E-state index >= 15 is 0 Å². The second kappa shape index (κ2) is 10.2. The molecule has 3 aromatic rings. The van der Waals surface area contributed by atoms with E-state index in [2.05, 4.69) is 22.8 Å². The Hall–Kier alpha value is -4.13. The quantitative estimate of drug-likeness (QED) is 0.459. The number of hydrogen-bond donors (Lipinski definition) is 3. The summed E-state index contributed by atoms with van der Waals surface area (Å²) in [6.45, 7) is 1.75. The minimum absolute atomic E-state index is 0.0484. The maximum atomic E-state index is 12.5. The van der Waals surface area contributed by atoms with Gasteiger partial charge in [-0.15, -0.1) is 0 Å². The fourth-order valence-corrected chi connectivity index (χ4v) is 4.14. The van der Waals surface area contributed by atoms with Crippen LogP contribution < -0.4 is 10.6 Å². The first-order chi connectivity index (χ1) is 16.4. The Morgan fingerprint density at radius 1 is 0.912 bits per heavy atom. The molecule has 0 saturated heterocycles. The Morgan fingerprint density at radius 3 is 2.09 bits per heavy atom. The van der Waals surface area contributed by atoms with Gasteiger partial charge in [0.25, 0.3) is 0 Å². The number of carboxylic acids is 1. The normalized spacial score (nSPS) is 12.9. The summed E-state index contributed by atoms with van der Waals surface area (Å²) >= 11 is 0. The number of carbonyl (C=O) groups excluding carboxylic acids is 2. The minimum atomic E-state index is -0.856. The molecule has 0 unspecified atom stereocenters. The molecule has 1 aliphatic carbocycles. The van der Waals surface area contributed by atoms with Crippen LogP contribution in [0.3, 0.4) is 0 Å². The highest BCUT2D eigenvalue weighted by molar-refractivity contribution is 5.96. The smallest absolute Gasteiger partial charge is 0.407 e. The highest BCUT2D eigenvalue weighted by Crippen LogP contribution is 2.44. The van der Waals surface area contributed by atoms with Gasteiger partial charge in [0.1, 0.15) is 12.6 Å². The molecule has 3 aromatic carbocycles. The molecule has 0 spiro atoms. The number of nitrogens with one attached hydrogen (secondary N) is 2. The molecule has 0 fully saturated rings. The van der Waals surface area contributed by atoms with Crippen molar-refractivity contribution < 1.29 is 24.2 Å². The number of aliphatic carboxylic acids is 1. The topological polar surface area (TPSA) is 105 Å². The van der Waals surface area contributed by atoms with Crippen molar-refractivity contribution in [2.75, 3.05) is 11.9 Å². The molecule has 0 heterocycles. The van der Waals surface area contributed by atoms with Crippen molar-refractivity contribution in [1.29, 1.82) is 0 Å². The number of anilines is 1. The van der Waals surface area contributed by atoms with Gasteiger partial charge in [0, 0.05) is 18.0 Å². The van der Waals surface area contributed by atoms with Gasteiger partial charge >= 0.3 is 12.1 Å². The first-order valence-electron chi connectivity index (χ1n) is 11.2. The van der Waals surface area contributed by atoms with Crippen molar-refractivity contribution in [1.82, 2.24) is 5.32 Å². The number of fused-ring (bicyclic) bond motifs is 3. The van der Waals surface area contributed by atoms with Crippen LogP contribution in [0.15, 0.2) is 72.8 Å². The number of aryl methyl sites for hydroxylation is 1. The zero-order chi connectivity index (χ0) is 24.1. The average Bonchev–Trinajstić information content (AvgIpc) is 3.16. The second-order valence-electron chi connectivity index (χ2n) is 8.27. The molecular formula is C27H26N2O5. The van der Waals surface area contributed by atoms with Crippen LogP contribution in [0.2, 0.25) is 0 Å². The van der Waals surface area contributed by atoms with E-state index < -0.39 is 18.1 Å². The number of amides is 2. The molecule has 4 rings (SSSR count). The summed E-state index contributed by atoms with van der Waals surface area (Å²) in [6, 6.07) is 22.3. The average molecular weight is 459 g/mol. The third kappa shape index (κ3) is 5.26. The molecule has 0 aliphatic heterocycles. The van der Waals surface area contributed by atoms with Gasteiger partial charge in [0.05, 0.1) is 0 Å². The van der Waals surface area contributed by atoms with Gasteiger partial charge in [0.2, 0.25) is 5.91 Å². The Labute approximate surface area is 197 Å². The van der Waals surface area contributed by atoms with Gasteiger partial charge in [-0.05, 0) is 53.3 Å². The molecule has 7 nitrogen and oxygen atoms in total. The van der Waals surface area contributed by atoms with Crippen LogP contribution >= 0.6 is 0 Å². The minimum Gasteiger partial charge on any atom is -0.481 e. The van der Waals surface area contributed by atoms with Crippen molar-refractivity contribution in [3.8, 4) is 11.1 Å². The molecule has 1 aliphatic rings. The van der Waals surface area contributed by atoms with Crippen molar-refractivity contribution in [2.45, 2.75) is 31.7 Å². The van der Waals surface area contributed by atoms with Crippen LogP contribution in [-0.2, 0) is 20.7 Å². The van der Waals surface area contributed by atoms with E-state index in [-0.39, 0.29) is 24.9 Å². The molecule has 0 aromatic heterocycles. The summed E-state index contributed by atoms with van der Waals surface area (Å²) in [6.07, 6.45) is -0.190. The predicted octanol–water partition coefficient (Wildman–Crippen LogP) is 4.57. The standard InChI is InChI=1S/C27H26N2O5/c1-17(26(32)29-19-13-10-18(11-14-19)12-15-25(30)31)28-27(33)34-16-24-22-8-4-2-6-20(22)21-7-3-5-9-23(21)24/h2-11,13-14,17,24H,12,15-16H2,1H3,(H,28,33)(H,29,32)(H,30,31)/t17-/m1/s1. The van der Waals surface area contributed by atoms with E-state index in [0.717, 1.165) is 27.8 Å². The third-order valence-electron chi connectivity index (χ3n) is 5.92. The van der Waals surface area contributed by atoms with E-state index in [4.69, 9.17) is 9.84 Å².